The third kappa shape index (κ3) is 4.36. The van der Waals surface area contributed by atoms with Crippen molar-refractivity contribution in [3.8, 4) is 0 Å². The van der Waals surface area contributed by atoms with Gasteiger partial charge in [0.25, 0.3) is 0 Å². The Labute approximate surface area is 105 Å². The highest BCUT2D eigenvalue weighted by molar-refractivity contribution is 7.91. The van der Waals surface area contributed by atoms with Crippen molar-refractivity contribution in [2.75, 3.05) is 20.3 Å². The summed E-state index contributed by atoms with van der Waals surface area (Å²) in [7, 11) is -2.01. The molecule has 0 radical (unpaired) electrons. The number of hydrogen-bond acceptors (Lipinski definition) is 5. The maximum absolute atomic E-state index is 12.0. The van der Waals surface area contributed by atoms with Crippen LogP contribution in [0.25, 0.3) is 0 Å². The average Bonchev–Trinajstić information content (AvgIpc) is 2.66. The van der Waals surface area contributed by atoms with Crippen LogP contribution in [0.15, 0.2) is 16.3 Å². The summed E-state index contributed by atoms with van der Waals surface area (Å²) in [5.74, 6) is 0. The molecule has 1 rings (SSSR count). The first kappa shape index (κ1) is 14.6. The van der Waals surface area contributed by atoms with Gasteiger partial charge in [0, 0.05) is 24.6 Å². The Morgan fingerprint density at radius 2 is 2.24 bits per heavy atom. The molecule has 0 saturated carbocycles. The van der Waals surface area contributed by atoms with Crippen molar-refractivity contribution in [3.05, 3.63) is 17.0 Å². The van der Waals surface area contributed by atoms with Crippen LogP contribution in [0, 0.1) is 6.92 Å². The lowest BCUT2D eigenvalue weighted by Crippen LogP contribution is -2.38. The third-order valence-corrected chi connectivity index (χ3v) is 5.16. The Balaban J connectivity index is 2.77. The smallest absolute Gasteiger partial charge is 0.250 e. The molecule has 5 nitrogen and oxygen atoms in total. The zero-order chi connectivity index (χ0) is 12.9. The summed E-state index contributed by atoms with van der Waals surface area (Å²) in [5.41, 5.74) is 0. The number of thiophene rings is 1. The largest absolute Gasteiger partial charge is 0.396 e. The van der Waals surface area contributed by atoms with Crippen LogP contribution in [0.5, 0.6) is 0 Å². The van der Waals surface area contributed by atoms with Crippen molar-refractivity contribution in [2.45, 2.75) is 23.6 Å². The number of aliphatic hydroxyl groups excluding tert-OH is 1. The van der Waals surface area contributed by atoms with Crippen molar-refractivity contribution in [2.24, 2.45) is 0 Å². The molecule has 0 aliphatic rings. The van der Waals surface area contributed by atoms with Gasteiger partial charge in [-0.05, 0) is 25.5 Å². The molecule has 0 fully saturated rings. The van der Waals surface area contributed by atoms with Gasteiger partial charge in [-0.25, -0.2) is 13.1 Å². The molecular formula is C10H17NO4S2. The summed E-state index contributed by atoms with van der Waals surface area (Å²) in [4.78, 5) is 0.941. The second kappa shape index (κ2) is 6.46. The monoisotopic (exact) mass is 279 g/mol. The van der Waals surface area contributed by atoms with Crippen molar-refractivity contribution >= 4 is 21.4 Å². The first-order chi connectivity index (χ1) is 7.99. The van der Waals surface area contributed by atoms with E-state index < -0.39 is 16.1 Å². The summed E-state index contributed by atoms with van der Waals surface area (Å²) in [6.07, 6.45) is 0.331. The minimum Gasteiger partial charge on any atom is -0.396 e. The van der Waals surface area contributed by atoms with Crippen molar-refractivity contribution in [1.82, 2.24) is 4.72 Å². The van der Waals surface area contributed by atoms with E-state index in [4.69, 9.17) is 9.84 Å². The van der Waals surface area contributed by atoms with Crippen molar-refractivity contribution < 1.29 is 18.3 Å². The van der Waals surface area contributed by atoms with Gasteiger partial charge in [0.1, 0.15) is 4.21 Å². The number of nitrogens with one attached hydrogen (secondary N) is 1. The van der Waals surface area contributed by atoms with E-state index in [0.29, 0.717) is 6.42 Å². The lowest BCUT2D eigenvalue weighted by atomic mass is 10.2. The van der Waals surface area contributed by atoms with E-state index in [2.05, 4.69) is 4.72 Å². The molecule has 1 aromatic heterocycles. The van der Waals surface area contributed by atoms with Crippen LogP contribution < -0.4 is 4.72 Å². The maximum Gasteiger partial charge on any atom is 0.250 e. The summed E-state index contributed by atoms with van der Waals surface area (Å²) >= 11 is 1.22. The van der Waals surface area contributed by atoms with Gasteiger partial charge in [-0.1, -0.05) is 0 Å². The molecule has 0 aliphatic heterocycles. The van der Waals surface area contributed by atoms with E-state index in [9.17, 15) is 8.42 Å². The second-order valence-corrected chi connectivity index (χ2v) is 6.88. The summed E-state index contributed by atoms with van der Waals surface area (Å²) in [6.45, 7) is 2.01. The standard InChI is InChI=1S/C10H17NO4S2/c1-8-3-4-10(16-8)17(13,14)11-9(5-6-12)7-15-2/h3-4,9,11-12H,5-7H2,1-2H3. The molecule has 98 valence electrons. The first-order valence-corrected chi connectivity index (χ1v) is 7.48. The Kier molecular flexibility index (Phi) is 5.54. The highest BCUT2D eigenvalue weighted by atomic mass is 32.2. The fraction of sp³-hybridized carbons (Fsp3) is 0.600. The quantitative estimate of drug-likeness (QED) is 0.771. The topological polar surface area (TPSA) is 75.6 Å². The van der Waals surface area contributed by atoms with Crippen LogP contribution in [-0.2, 0) is 14.8 Å². The fourth-order valence-corrected chi connectivity index (χ4v) is 3.92. The molecule has 1 heterocycles. The molecule has 2 N–H and O–H groups in total. The number of sulfonamides is 1. The van der Waals surface area contributed by atoms with E-state index in [1.165, 1.54) is 18.4 Å². The van der Waals surface area contributed by atoms with Gasteiger partial charge >= 0.3 is 0 Å². The number of ether oxygens (including phenoxy) is 1. The first-order valence-electron chi connectivity index (χ1n) is 5.18. The predicted molar refractivity (Wildman–Crippen MR) is 66.7 cm³/mol. The van der Waals surface area contributed by atoms with Gasteiger partial charge in [-0.3, -0.25) is 0 Å². The summed E-state index contributed by atoms with van der Waals surface area (Å²) in [5, 5.41) is 8.85. The Morgan fingerprint density at radius 3 is 2.71 bits per heavy atom. The molecule has 0 aliphatic carbocycles. The van der Waals surface area contributed by atoms with E-state index >= 15 is 0 Å². The van der Waals surface area contributed by atoms with E-state index in [1.54, 1.807) is 12.1 Å². The molecule has 1 aromatic rings. The third-order valence-electron chi connectivity index (χ3n) is 2.15. The number of methoxy groups -OCH3 is 1. The average molecular weight is 279 g/mol. The van der Waals surface area contributed by atoms with E-state index in [0.717, 1.165) is 4.88 Å². The summed E-state index contributed by atoms with van der Waals surface area (Å²) < 4.78 is 31.7. The van der Waals surface area contributed by atoms with Gasteiger partial charge in [-0.2, -0.15) is 0 Å². The molecular weight excluding hydrogens is 262 g/mol. The maximum atomic E-state index is 12.0. The number of hydrogen-bond donors (Lipinski definition) is 2. The number of rotatable bonds is 7. The lowest BCUT2D eigenvalue weighted by Gasteiger charge is -2.16. The van der Waals surface area contributed by atoms with E-state index in [1.807, 2.05) is 6.92 Å². The minimum absolute atomic E-state index is 0.0833. The Morgan fingerprint density at radius 1 is 1.53 bits per heavy atom. The molecule has 0 amide bonds. The zero-order valence-corrected chi connectivity index (χ0v) is 11.5. The SMILES string of the molecule is COCC(CCO)NS(=O)(=O)c1ccc(C)s1. The van der Waals surface area contributed by atoms with Gasteiger partial charge < -0.3 is 9.84 Å². The van der Waals surface area contributed by atoms with Crippen molar-refractivity contribution in [1.29, 1.82) is 0 Å². The second-order valence-electron chi connectivity index (χ2n) is 3.65. The van der Waals surface area contributed by atoms with Crippen LogP contribution in [0.2, 0.25) is 0 Å². The molecule has 0 spiro atoms. The van der Waals surface area contributed by atoms with Gasteiger partial charge in [0.15, 0.2) is 0 Å². The minimum atomic E-state index is -3.51. The highest BCUT2D eigenvalue weighted by Crippen LogP contribution is 2.20. The summed E-state index contributed by atoms with van der Waals surface area (Å²) in [6, 6.07) is 2.93. The van der Waals surface area contributed by atoms with Crippen LogP contribution in [0.3, 0.4) is 0 Å². The molecule has 1 atom stereocenters. The van der Waals surface area contributed by atoms with Crippen LogP contribution in [0.4, 0.5) is 0 Å². The highest BCUT2D eigenvalue weighted by Gasteiger charge is 2.21. The van der Waals surface area contributed by atoms with Gasteiger partial charge in [0.05, 0.1) is 6.61 Å². The predicted octanol–water partition coefficient (Wildman–Crippen LogP) is 0.732. The van der Waals surface area contributed by atoms with Gasteiger partial charge in [0.2, 0.25) is 10.0 Å². The molecule has 0 saturated heterocycles. The zero-order valence-electron chi connectivity index (χ0n) is 9.84. The fourth-order valence-electron chi connectivity index (χ4n) is 1.37. The number of aryl methyl sites for hydroxylation is 1. The molecule has 0 bridgehead atoms. The normalized spacial score (nSPS) is 13.8. The van der Waals surface area contributed by atoms with Crippen LogP contribution in [-0.4, -0.2) is 39.9 Å². The lowest BCUT2D eigenvalue weighted by molar-refractivity contribution is 0.158. The Bertz CT molecular complexity index is 435. The van der Waals surface area contributed by atoms with Crippen LogP contribution >= 0.6 is 11.3 Å². The molecule has 0 aromatic carbocycles. The Hall–Kier alpha value is -0.470. The van der Waals surface area contributed by atoms with Gasteiger partial charge in [-0.15, -0.1) is 11.3 Å². The van der Waals surface area contributed by atoms with Crippen molar-refractivity contribution in [3.63, 3.8) is 0 Å². The molecule has 17 heavy (non-hydrogen) atoms. The van der Waals surface area contributed by atoms with Crippen LogP contribution in [0.1, 0.15) is 11.3 Å². The molecule has 1 unspecified atom stereocenters. The number of aliphatic hydroxyl groups is 1. The molecule has 7 heteroatoms. The van der Waals surface area contributed by atoms with E-state index in [-0.39, 0.29) is 17.4 Å².